The van der Waals surface area contributed by atoms with E-state index in [0.29, 0.717) is 0 Å². The minimum absolute atomic E-state index is 0.00764. The van der Waals surface area contributed by atoms with Crippen molar-refractivity contribution in [1.29, 1.82) is 0 Å². The van der Waals surface area contributed by atoms with E-state index in [0.717, 1.165) is 18.3 Å². The minimum Gasteiger partial charge on any atom is -0.398 e. The average molecular weight is 302 g/mol. The van der Waals surface area contributed by atoms with Crippen LogP contribution in [0.3, 0.4) is 0 Å². The lowest BCUT2D eigenvalue weighted by molar-refractivity contribution is 0.601. The van der Waals surface area contributed by atoms with Gasteiger partial charge in [-0.3, -0.25) is 9.71 Å². The maximum atomic E-state index is 13.1. The van der Waals surface area contributed by atoms with Gasteiger partial charge in [0.15, 0.2) is 0 Å². The number of anilines is 2. The second-order valence-electron chi connectivity index (χ2n) is 3.68. The van der Waals surface area contributed by atoms with Gasteiger partial charge < -0.3 is 5.73 Å². The van der Waals surface area contributed by atoms with Crippen LogP contribution in [0.15, 0.2) is 41.6 Å². The quantitative estimate of drug-likeness (QED) is 0.910. The first-order valence-electron chi connectivity index (χ1n) is 5.07. The van der Waals surface area contributed by atoms with Crippen LogP contribution in [0.25, 0.3) is 0 Å². The van der Waals surface area contributed by atoms with E-state index in [9.17, 15) is 12.8 Å². The second kappa shape index (κ2) is 5.02. The van der Waals surface area contributed by atoms with Crippen LogP contribution in [0.1, 0.15) is 0 Å². The van der Waals surface area contributed by atoms with Gasteiger partial charge in [0.1, 0.15) is 10.7 Å². The lowest BCUT2D eigenvalue weighted by Gasteiger charge is -2.09. The van der Waals surface area contributed by atoms with Crippen molar-refractivity contribution < 1.29 is 12.8 Å². The third kappa shape index (κ3) is 3.12. The Morgan fingerprint density at radius 1 is 1.32 bits per heavy atom. The van der Waals surface area contributed by atoms with E-state index in [1.807, 2.05) is 0 Å². The molecule has 0 fully saturated rings. The van der Waals surface area contributed by atoms with Crippen molar-refractivity contribution in [3.8, 4) is 0 Å². The van der Waals surface area contributed by atoms with Crippen molar-refractivity contribution >= 4 is 33.0 Å². The number of sulfonamides is 1. The molecule has 19 heavy (non-hydrogen) atoms. The molecule has 100 valence electrons. The number of hydrogen-bond donors (Lipinski definition) is 2. The molecule has 0 amide bonds. The summed E-state index contributed by atoms with van der Waals surface area (Å²) in [6, 6.07) is 4.72. The molecule has 3 N–H and O–H groups in total. The summed E-state index contributed by atoms with van der Waals surface area (Å²) in [4.78, 5) is 3.50. The first-order valence-corrected chi connectivity index (χ1v) is 6.93. The van der Waals surface area contributed by atoms with Crippen molar-refractivity contribution in [3.05, 3.63) is 47.5 Å². The number of pyridine rings is 1. The van der Waals surface area contributed by atoms with Crippen LogP contribution >= 0.6 is 11.6 Å². The molecule has 0 spiro atoms. The van der Waals surface area contributed by atoms with Gasteiger partial charge in [-0.1, -0.05) is 11.6 Å². The molecule has 0 aliphatic carbocycles. The van der Waals surface area contributed by atoms with Gasteiger partial charge in [0.25, 0.3) is 10.0 Å². The van der Waals surface area contributed by atoms with Gasteiger partial charge in [-0.15, -0.1) is 0 Å². The molecule has 2 aromatic rings. The van der Waals surface area contributed by atoms with E-state index >= 15 is 0 Å². The minimum atomic E-state index is -3.94. The number of nitrogens with two attached hydrogens (primary N) is 1. The van der Waals surface area contributed by atoms with Crippen molar-refractivity contribution in [2.24, 2.45) is 0 Å². The Bertz CT molecular complexity index is 701. The summed E-state index contributed by atoms with van der Waals surface area (Å²) in [5.74, 6) is -0.649. The van der Waals surface area contributed by atoms with Crippen LogP contribution in [0.4, 0.5) is 15.8 Å². The number of nitrogens with one attached hydrogen (secondary N) is 1. The van der Waals surface area contributed by atoms with Crippen LogP contribution in [0, 0.1) is 5.82 Å². The molecule has 1 aromatic carbocycles. The molecule has 0 saturated carbocycles. The molecule has 0 aliphatic rings. The van der Waals surface area contributed by atoms with Gasteiger partial charge in [0.05, 0.1) is 11.4 Å². The van der Waals surface area contributed by atoms with E-state index in [1.165, 1.54) is 18.3 Å². The Kier molecular flexibility index (Phi) is 3.59. The standard InChI is InChI=1S/C11H9ClFN3O2S/c12-7-3-8(13)5-9(4-7)16-19(17,18)11-6-15-2-1-10(11)14/h1-6,16H,(H2,14,15). The molecule has 0 aliphatic heterocycles. The molecule has 5 nitrogen and oxygen atoms in total. The summed E-state index contributed by atoms with van der Waals surface area (Å²) < 4.78 is 39.4. The molecule has 1 aromatic heterocycles. The normalized spacial score (nSPS) is 11.3. The number of nitrogen functional groups attached to an aromatic ring is 1. The van der Waals surface area contributed by atoms with Gasteiger partial charge in [-0.2, -0.15) is 0 Å². The zero-order valence-electron chi connectivity index (χ0n) is 9.47. The monoisotopic (exact) mass is 301 g/mol. The van der Waals surface area contributed by atoms with Gasteiger partial charge in [-0.25, -0.2) is 12.8 Å². The zero-order valence-corrected chi connectivity index (χ0v) is 11.0. The summed E-state index contributed by atoms with van der Waals surface area (Å²) in [5.41, 5.74) is 5.61. The maximum absolute atomic E-state index is 13.1. The summed E-state index contributed by atoms with van der Waals surface area (Å²) in [7, 11) is -3.94. The highest BCUT2D eigenvalue weighted by Gasteiger charge is 2.18. The third-order valence-corrected chi connectivity index (χ3v) is 3.86. The molecule has 0 unspecified atom stereocenters. The Balaban J connectivity index is 2.39. The highest BCUT2D eigenvalue weighted by Crippen LogP contribution is 2.23. The SMILES string of the molecule is Nc1ccncc1S(=O)(=O)Nc1cc(F)cc(Cl)c1. The fraction of sp³-hybridized carbons (Fsp3) is 0. The number of rotatable bonds is 3. The summed E-state index contributed by atoms with van der Waals surface area (Å²) in [6.07, 6.45) is 2.48. The van der Waals surface area contributed by atoms with Gasteiger partial charge in [-0.05, 0) is 24.3 Å². The van der Waals surface area contributed by atoms with Crippen LogP contribution in [-0.4, -0.2) is 13.4 Å². The highest BCUT2D eigenvalue weighted by atomic mass is 35.5. The number of aromatic nitrogens is 1. The molecule has 2 rings (SSSR count). The Hall–Kier alpha value is -1.86. The topological polar surface area (TPSA) is 85.1 Å². The zero-order chi connectivity index (χ0) is 14.0. The molecule has 0 atom stereocenters. The van der Waals surface area contributed by atoms with Crippen molar-refractivity contribution in [1.82, 2.24) is 4.98 Å². The van der Waals surface area contributed by atoms with Crippen LogP contribution in [0.5, 0.6) is 0 Å². The summed E-state index contributed by atoms with van der Waals surface area (Å²) in [6.45, 7) is 0. The predicted molar refractivity (Wildman–Crippen MR) is 70.9 cm³/mol. The fourth-order valence-electron chi connectivity index (χ4n) is 1.44. The Morgan fingerprint density at radius 2 is 2.05 bits per heavy atom. The summed E-state index contributed by atoms with van der Waals surface area (Å²) >= 11 is 5.64. The van der Waals surface area contributed by atoms with Crippen LogP contribution < -0.4 is 10.5 Å². The van der Waals surface area contributed by atoms with Gasteiger partial charge in [0.2, 0.25) is 0 Å². The predicted octanol–water partition coefficient (Wildman–Crippen LogP) is 2.26. The van der Waals surface area contributed by atoms with E-state index in [-0.39, 0.29) is 21.3 Å². The maximum Gasteiger partial charge on any atom is 0.265 e. The van der Waals surface area contributed by atoms with E-state index in [2.05, 4.69) is 9.71 Å². The second-order valence-corrected chi connectivity index (χ2v) is 5.76. The van der Waals surface area contributed by atoms with Crippen molar-refractivity contribution in [3.63, 3.8) is 0 Å². The Morgan fingerprint density at radius 3 is 2.68 bits per heavy atom. The molecule has 8 heteroatoms. The number of halogens is 2. The number of nitrogens with zero attached hydrogens (tertiary/aromatic N) is 1. The van der Waals surface area contributed by atoms with Gasteiger partial charge >= 0.3 is 0 Å². The summed E-state index contributed by atoms with van der Waals surface area (Å²) in [5, 5.41) is 0.0804. The molecule has 0 bridgehead atoms. The fourth-order valence-corrected chi connectivity index (χ4v) is 2.78. The molecular formula is C11H9ClFN3O2S. The van der Waals surface area contributed by atoms with E-state index < -0.39 is 15.8 Å². The largest absolute Gasteiger partial charge is 0.398 e. The highest BCUT2D eigenvalue weighted by molar-refractivity contribution is 7.92. The van der Waals surface area contributed by atoms with Crippen LogP contribution in [0.2, 0.25) is 5.02 Å². The van der Waals surface area contributed by atoms with Crippen LogP contribution in [-0.2, 0) is 10.0 Å². The lowest BCUT2D eigenvalue weighted by atomic mass is 10.3. The first-order chi connectivity index (χ1) is 8.88. The van der Waals surface area contributed by atoms with Crippen molar-refractivity contribution in [2.75, 3.05) is 10.5 Å². The molecular weight excluding hydrogens is 293 g/mol. The molecule has 0 radical (unpaired) electrons. The lowest BCUT2D eigenvalue weighted by Crippen LogP contribution is -2.15. The van der Waals surface area contributed by atoms with Crippen molar-refractivity contribution in [2.45, 2.75) is 4.90 Å². The van der Waals surface area contributed by atoms with E-state index in [1.54, 1.807) is 0 Å². The first kappa shape index (κ1) is 13.6. The van der Waals surface area contributed by atoms with Gasteiger partial charge in [0, 0.05) is 17.4 Å². The molecule has 1 heterocycles. The number of benzene rings is 1. The molecule has 0 saturated heterocycles. The smallest absolute Gasteiger partial charge is 0.265 e. The van der Waals surface area contributed by atoms with E-state index in [4.69, 9.17) is 17.3 Å². The average Bonchev–Trinajstić information content (AvgIpc) is 2.26. The third-order valence-electron chi connectivity index (χ3n) is 2.22. The number of hydrogen-bond acceptors (Lipinski definition) is 4. The Labute approximate surface area is 114 Å².